The summed E-state index contributed by atoms with van der Waals surface area (Å²) in [5.74, 6) is 0. The first kappa shape index (κ1) is 10.1. The van der Waals surface area contributed by atoms with Gasteiger partial charge in [0, 0.05) is 30.7 Å². The maximum atomic E-state index is 5.87. The van der Waals surface area contributed by atoms with Crippen LogP contribution in [0.1, 0.15) is 25.7 Å². The lowest BCUT2D eigenvalue weighted by Gasteiger charge is -2.24. The van der Waals surface area contributed by atoms with Gasteiger partial charge in [-0.1, -0.05) is 11.8 Å². The molecular weight excluding hydrogens is 194 g/mol. The molecule has 1 heterocycles. The van der Waals surface area contributed by atoms with E-state index in [0.717, 1.165) is 10.4 Å². The lowest BCUT2D eigenvalue weighted by atomic mass is 9.96. The van der Waals surface area contributed by atoms with Crippen molar-refractivity contribution in [1.29, 1.82) is 0 Å². The zero-order chi connectivity index (χ0) is 9.97. The highest BCUT2D eigenvalue weighted by atomic mass is 32.2. The van der Waals surface area contributed by atoms with Crippen LogP contribution in [0.4, 0.5) is 0 Å². The molecule has 0 amide bonds. The van der Waals surface area contributed by atoms with Crippen LogP contribution in [0.25, 0.3) is 0 Å². The Balaban J connectivity index is 1.89. The number of hydrogen-bond donors (Lipinski definition) is 1. The second-order valence-electron chi connectivity index (χ2n) is 3.98. The van der Waals surface area contributed by atoms with Gasteiger partial charge < -0.3 is 10.3 Å². The summed E-state index contributed by atoms with van der Waals surface area (Å²) < 4.78 is 2.08. The van der Waals surface area contributed by atoms with Crippen LogP contribution >= 0.6 is 11.8 Å². The van der Waals surface area contributed by atoms with Crippen LogP contribution in [0.15, 0.2) is 17.6 Å². The molecule has 0 bridgehead atoms. The van der Waals surface area contributed by atoms with E-state index in [1.54, 1.807) is 0 Å². The van der Waals surface area contributed by atoms with Crippen molar-refractivity contribution in [3.8, 4) is 0 Å². The van der Waals surface area contributed by atoms with Gasteiger partial charge in [0.05, 0.1) is 0 Å². The van der Waals surface area contributed by atoms with E-state index in [4.69, 9.17) is 5.73 Å². The van der Waals surface area contributed by atoms with Crippen molar-refractivity contribution in [3.63, 3.8) is 0 Å². The van der Waals surface area contributed by atoms with Crippen LogP contribution in [0.2, 0.25) is 0 Å². The molecule has 0 spiro atoms. The zero-order valence-corrected chi connectivity index (χ0v) is 9.33. The lowest BCUT2D eigenvalue weighted by molar-refractivity contribution is 0.450. The molecule has 2 rings (SSSR count). The molecule has 1 aromatic rings. The van der Waals surface area contributed by atoms with Gasteiger partial charge in [-0.25, -0.2) is 4.98 Å². The Labute approximate surface area is 89.1 Å². The number of aryl methyl sites for hydroxylation is 1. The minimum absolute atomic E-state index is 0.438. The van der Waals surface area contributed by atoms with Crippen molar-refractivity contribution in [2.45, 2.75) is 42.1 Å². The van der Waals surface area contributed by atoms with Gasteiger partial charge in [-0.2, -0.15) is 0 Å². The maximum absolute atomic E-state index is 5.87. The summed E-state index contributed by atoms with van der Waals surface area (Å²) in [5.41, 5.74) is 5.87. The highest BCUT2D eigenvalue weighted by Crippen LogP contribution is 2.31. The molecule has 0 unspecified atom stereocenters. The number of nitrogens with zero attached hydrogens (tertiary/aromatic N) is 2. The molecule has 1 aliphatic rings. The van der Waals surface area contributed by atoms with E-state index in [2.05, 4.69) is 9.55 Å². The number of nitrogens with two attached hydrogens (primary N) is 1. The summed E-state index contributed by atoms with van der Waals surface area (Å²) in [6.07, 6.45) is 8.66. The molecule has 14 heavy (non-hydrogen) atoms. The Morgan fingerprint density at radius 3 is 2.71 bits per heavy atom. The molecule has 2 N–H and O–H groups in total. The van der Waals surface area contributed by atoms with E-state index >= 15 is 0 Å². The third-order valence-electron chi connectivity index (χ3n) is 2.77. The molecule has 4 heteroatoms. The first-order chi connectivity index (χ1) is 6.75. The van der Waals surface area contributed by atoms with Gasteiger partial charge in [0.15, 0.2) is 5.16 Å². The highest BCUT2D eigenvalue weighted by Gasteiger charge is 2.20. The molecule has 78 valence electrons. The third kappa shape index (κ3) is 2.30. The predicted octanol–water partition coefficient (Wildman–Crippen LogP) is 1.78. The van der Waals surface area contributed by atoms with Gasteiger partial charge in [0.1, 0.15) is 0 Å². The normalized spacial score (nSPS) is 27.9. The quantitative estimate of drug-likeness (QED) is 0.811. The molecule has 1 aliphatic carbocycles. The fourth-order valence-electron chi connectivity index (χ4n) is 1.82. The Kier molecular flexibility index (Phi) is 3.13. The van der Waals surface area contributed by atoms with Crippen molar-refractivity contribution in [2.75, 3.05) is 0 Å². The van der Waals surface area contributed by atoms with Gasteiger partial charge in [0.2, 0.25) is 0 Å². The summed E-state index contributed by atoms with van der Waals surface area (Å²) in [7, 11) is 2.05. The number of hydrogen-bond acceptors (Lipinski definition) is 3. The second-order valence-corrected chi connectivity index (χ2v) is 5.24. The topological polar surface area (TPSA) is 43.8 Å². The predicted molar refractivity (Wildman–Crippen MR) is 59.3 cm³/mol. The fourth-order valence-corrected chi connectivity index (χ4v) is 2.98. The van der Waals surface area contributed by atoms with Crippen molar-refractivity contribution < 1.29 is 0 Å². The molecule has 1 saturated carbocycles. The average molecular weight is 211 g/mol. The van der Waals surface area contributed by atoms with Crippen molar-refractivity contribution >= 4 is 11.8 Å². The van der Waals surface area contributed by atoms with Crippen molar-refractivity contribution in [3.05, 3.63) is 12.4 Å². The smallest absolute Gasteiger partial charge is 0.167 e. The van der Waals surface area contributed by atoms with Gasteiger partial charge in [0.25, 0.3) is 0 Å². The summed E-state index contributed by atoms with van der Waals surface area (Å²) in [6, 6.07) is 0.438. The van der Waals surface area contributed by atoms with Crippen molar-refractivity contribution in [1.82, 2.24) is 9.55 Å². The Morgan fingerprint density at radius 2 is 2.14 bits per heavy atom. The monoisotopic (exact) mass is 211 g/mol. The molecule has 0 radical (unpaired) electrons. The molecule has 0 aliphatic heterocycles. The van der Waals surface area contributed by atoms with Gasteiger partial charge in [-0.3, -0.25) is 0 Å². The van der Waals surface area contributed by atoms with E-state index in [-0.39, 0.29) is 0 Å². The van der Waals surface area contributed by atoms with E-state index in [1.165, 1.54) is 25.7 Å². The van der Waals surface area contributed by atoms with Gasteiger partial charge in [-0.05, 0) is 25.7 Å². The summed E-state index contributed by atoms with van der Waals surface area (Å²) in [4.78, 5) is 4.32. The summed E-state index contributed by atoms with van der Waals surface area (Å²) in [6.45, 7) is 0. The standard InChI is InChI=1S/C10H17N3S/c1-13-7-6-12-10(13)14-9-4-2-8(11)3-5-9/h6-9H,2-5,11H2,1H3. The van der Waals surface area contributed by atoms with E-state index < -0.39 is 0 Å². The van der Waals surface area contributed by atoms with Crippen LogP contribution in [0.5, 0.6) is 0 Å². The van der Waals surface area contributed by atoms with Crippen LogP contribution in [0.3, 0.4) is 0 Å². The Bertz CT molecular complexity index is 289. The van der Waals surface area contributed by atoms with Crippen molar-refractivity contribution in [2.24, 2.45) is 12.8 Å². The molecular formula is C10H17N3S. The van der Waals surface area contributed by atoms with E-state index in [9.17, 15) is 0 Å². The Morgan fingerprint density at radius 1 is 1.43 bits per heavy atom. The Hall–Kier alpha value is -0.480. The van der Waals surface area contributed by atoms with Gasteiger partial charge in [-0.15, -0.1) is 0 Å². The number of imidazole rings is 1. The fraction of sp³-hybridized carbons (Fsp3) is 0.700. The summed E-state index contributed by atoms with van der Waals surface area (Å²) >= 11 is 1.90. The van der Waals surface area contributed by atoms with E-state index in [1.807, 2.05) is 31.2 Å². The highest BCUT2D eigenvalue weighted by molar-refractivity contribution is 7.99. The minimum atomic E-state index is 0.438. The number of thioether (sulfide) groups is 1. The maximum Gasteiger partial charge on any atom is 0.167 e. The third-order valence-corrected chi connectivity index (χ3v) is 4.18. The first-order valence-corrected chi connectivity index (χ1v) is 6.03. The number of aromatic nitrogens is 2. The van der Waals surface area contributed by atoms with Crippen LogP contribution < -0.4 is 5.73 Å². The molecule has 1 aromatic heterocycles. The zero-order valence-electron chi connectivity index (χ0n) is 8.52. The second kappa shape index (κ2) is 4.36. The van der Waals surface area contributed by atoms with Gasteiger partial charge >= 0.3 is 0 Å². The largest absolute Gasteiger partial charge is 0.329 e. The number of rotatable bonds is 2. The lowest BCUT2D eigenvalue weighted by Crippen LogP contribution is -2.27. The molecule has 3 nitrogen and oxygen atoms in total. The average Bonchev–Trinajstić information content (AvgIpc) is 2.56. The summed E-state index contributed by atoms with van der Waals surface area (Å²) in [5, 5.41) is 1.85. The molecule has 1 fully saturated rings. The van der Waals surface area contributed by atoms with Crippen LogP contribution in [0, 0.1) is 0 Å². The minimum Gasteiger partial charge on any atom is -0.329 e. The van der Waals surface area contributed by atoms with Crippen LogP contribution in [-0.2, 0) is 7.05 Å². The molecule has 0 atom stereocenters. The molecule has 0 saturated heterocycles. The first-order valence-electron chi connectivity index (χ1n) is 5.15. The van der Waals surface area contributed by atoms with E-state index in [0.29, 0.717) is 6.04 Å². The SMILES string of the molecule is Cn1ccnc1SC1CCC(N)CC1. The molecule has 0 aromatic carbocycles. The van der Waals surface area contributed by atoms with Crippen LogP contribution in [-0.4, -0.2) is 20.8 Å².